The maximum atomic E-state index is 13.0. The van der Waals surface area contributed by atoms with Gasteiger partial charge in [0.1, 0.15) is 0 Å². The fourth-order valence-electron chi connectivity index (χ4n) is 2.81. The molecule has 0 spiro atoms. The molecular formula is C15H25ClN2O2S. The van der Waals surface area contributed by atoms with Crippen LogP contribution < -0.4 is 5.32 Å². The maximum absolute atomic E-state index is 13.0. The lowest BCUT2D eigenvalue weighted by Crippen LogP contribution is -2.51. The second kappa shape index (κ2) is 6.65. The lowest BCUT2D eigenvalue weighted by atomic mass is 10.0. The largest absolute Gasteiger partial charge is 0.312 e. The second-order valence-corrected chi connectivity index (χ2v) is 7.68. The SMILES string of the molecule is Cc1cc(C)c(C)c(S(=O)(=O)N2CCNC(C)C2)c1C.Cl. The van der Waals surface area contributed by atoms with Crippen LogP contribution >= 0.6 is 12.4 Å². The van der Waals surface area contributed by atoms with E-state index in [9.17, 15) is 8.42 Å². The Balaban J connectivity index is 0.00000220. The number of nitrogens with one attached hydrogen (secondary N) is 1. The minimum absolute atomic E-state index is 0. The summed E-state index contributed by atoms with van der Waals surface area (Å²) in [6.45, 7) is 11.6. The first-order valence-corrected chi connectivity index (χ1v) is 8.50. The van der Waals surface area contributed by atoms with E-state index in [-0.39, 0.29) is 18.4 Å². The normalized spacial score (nSPS) is 20.1. The molecule has 0 bridgehead atoms. The van der Waals surface area contributed by atoms with Crippen molar-refractivity contribution >= 4 is 22.4 Å². The van der Waals surface area contributed by atoms with Gasteiger partial charge in [0.2, 0.25) is 10.0 Å². The standard InChI is InChI=1S/C15H24N2O2S.ClH/c1-10-8-11(2)14(5)15(13(10)4)20(18,19)17-7-6-16-12(3)9-17;/h8,12,16H,6-7,9H2,1-5H3;1H. The van der Waals surface area contributed by atoms with E-state index in [1.54, 1.807) is 4.31 Å². The van der Waals surface area contributed by atoms with Gasteiger partial charge in [-0.25, -0.2) is 8.42 Å². The van der Waals surface area contributed by atoms with Crippen molar-refractivity contribution in [3.05, 3.63) is 28.3 Å². The Morgan fingerprint density at radius 3 is 2.14 bits per heavy atom. The molecule has 1 aromatic carbocycles. The molecule has 21 heavy (non-hydrogen) atoms. The molecule has 120 valence electrons. The zero-order valence-electron chi connectivity index (χ0n) is 13.4. The molecule has 1 aromatic rings. The van der Waals surface area contributed by atoms with Gasteiger partial charge < -0.3 is 5.32 Å². The van der Waals surface area contributed by atoms with E-state index in [0.29, 0.717) is 24.5 Å². The third kappa shape index (κ3) is 3.42. The van der Waals surface area contributed by atoms with Crippen LogP contribution in [0.2, 0.25) is 0 Å². The Hall–Kier alpha value is -0.620. The number of sulfonamides is 1. The fourth-order valence-corrected chi connectivity index (χ4v) is 4.92. The van der Waals surface area contributed by atoms with Crippen LogP contribution in [0.1, 0.15) is 29.2 Å². The number of halogens is 1. The Bertz CT molecular complexity index is 603. The van der Waals surface area contributed by atoms with Gasteiger partial charge in [-0.15, -0.1) is 12.4 Å². The number of rotatable bonds is 2. The van der Waals surface area contributed by atoms with Crippen molar-refractivity contribution < 1.29 is 8.42 Å². The van der Waals surface area contributed by atoms with Gasteiger partial charge in [-0.3, -0.25) is 0 Å². The Kier molecular flexibility index (Phi) is 5.83. The van der Waals surface area contributed by atoms with Crippen molar-refractivity contribution in [2.45, 2.75) is 45.6 Å². The molecule has 0 aliphatic carbocycles. The number of hydrogen-bond acceptors (Lipinski definition) is 3. The van der Waals surface area contributed by atoms with Crippen molar-refractivity contribution in [3.8, 4) is 0 Å². The monoisotopic (exact) mass is 332 g/mol. The lowest BCUT2D eigenvalue weighted by Gasteiger charge is -2.32. The van der Waals surface area contributed by atoms with E-state index in [2.05, 4.69) is 11.4 Å². The smallest absolute Gasteiger partial charge is 0.243 e. The van der Waals surface area contributed by atoms with Gasteiger partial charge in [-0.2, -0.15) is 4.31 Å². The molecule has 0 aromatic heterocycles. The first-order chi connectivity index (χ1) is 9.25. The molecule has 6 heteroatoms. The fraction of sp³-hybridized carbons (Fsp3) is 0.600. The zero-order chi connectivity index (χ0) is 15.1. The van der Waals surface area contributed by atoms with E-state index in [0.717, 1.165) is 22.3 Å². The van der Waals surface area contributed by atoms with E-state index < -0.39 is 10.0 Å². The van der Waals surface area contributed by atoms with Crippen LogP contribution in [0.15, 0.2) is 11.0 Å². The molecule has 1 atom stereocenters. The van der Waals surface area contributed by atoms with E-state index >= 15 is 0 Å². The van der Waals surface area contributed by atoms with Crippen LogP contribution in [-0.4, -0.2) is 38.4 Å². The number of benzene rings is 1. The molecule has 1 N–H and O–H groups in total. The van der Waals surface area contributed by atoms with Crippen molar-refractivity contribution in [2.75, 3.05) is 19.6 Å². The van der Waals surface area contributed by atoms with Crippen LogP contribution in [0.5, 0.6) is 0 Å². The highest BCUT2D eigenvalue weighted by Crippen LogP contribution is 2.29. The molecule has 1 saturated heterocycles. The number of hydrogen-bond donors (Lipinski definition) is 1. The molecule has 1 heterocycles. The molecule has 1 aliphatic heterocycles. The summed E-state index contributed by atoms with van der Waals surface area (Å²) in [4.78, 5) is 0.504. The van der Waals surface area contributed by atoms with Crippen LogP contribution in [0.3, 0.4) is 0 Å². The van der Waals surface area contributed by atoms with Gasteiger partial charge in [0.05, 0.1) is 4.90 Å². The highest BCUT2D eigenvalue weighted by Gasteiger charge is 2.31. The summed E-state index contributed by atoms with van der Waals surface area (Å²) >= 11 is 0. The van der Waals surface area contributed by atoms with Gasteiger partial charge in [0.25, 0.3) is 0 Å². The lowest BCUT2D eigenvalue weighted by molar-refractivity contribution is 0.310. The Labute approximate surface area is 134 Å². The molecule has 1 unspecified atom stereocenters. The summed E-state index contributed by atoms with van der Waals surface area (Å²) in [6.07, 6.45) is 0. The number of nitrogens with zero attached hydrogens (tertiary/aromatic N) is 1. The minimum atomic E-state index is -3.41. The Morgan fingerprint density at radius 1 is 1.14 bits per heavy atom. The van der Waals surface area contributed by atoms with E-state index in [1.165, 1.54) is 0 Å². The third-order valence-electron chi connectivity index (χ3n) is 4.23. The zero-order valence-corrected chi connectivity index (χ0v) is 15.0. The summed E-state index contributed by atoms with van der Waals surface area (Å²) in [5.41, 5.74) is 3.82. The number of piperazine rings is 1. The molecule has 4 nitrogen and oxygen atoms in total. The molecule has 0 saturated carbocycles. The van der Waals surface area contributed by atoms with Crippen LogP contribution in [0, 0.1) is 27.7 Å². The first kappa shape index (κ1) is 18.4. The molecule has 1 aliphatic rings. The third-order valence-corrected chi connectivity index (χ3v) is 6.37. The molecule has 2 rings (SSSR count). The van der Waals surface area contributed by atoms with Crippen molar-refractivity contribution in [1.82, 2.24) is 9.62 Å². The quantitative estimate of drug-likeness (QED) is 0.904. The second-order valence-electron chi connectivity index (χ2n) is 5.81. The summed E-state index contributed by atoms with van der Waals surface area (Å²) < 4.78 is 27.6. The van der Waals surface area contributed by atoms with Gasteiger partial charge in [0, 0.05) is 25.7 Å². The first-order valence-electron chi connectivity index (χ1n) is 7.06. The van der Waals surface area contributed by atoms with Crippen molar-refractivity contribution in [1.29, 1.82) is 0 Å². The van der Waals surface area contributed by atoms with Gasteiger partial charge in [0.15, 0.2) is 0 Å². The molecule has 0 amide bonds. The average Bonchev–Trinajstić information content (AvgIpc) is 2.36. The molecule has 1 fully saturated rings. The van der Waals surface area contributed by atoms with Gasteiger partial charge in [-0.05, 0) is 56.9 Å². The molecular weight excluding hydrogens is 308 g/mol. The van der Waals surface area contributed by atoms with Crippen molar-refractivity contribution in [3.63, 3.8) is 0 Å². The van der Waals surface area contributed by atoms with Crippen LogP contribution in [-0.2, 0) is 10.0 Å². The Morgan fingerprint density at radius 2 is 1.67 bits per heavy atom. The van der Waals surface area contributed by atoms with Gasteiger partial charge >= 0.3 is 0 Å². The highest BCUT2D eigenvalue weighted by atomic mass is 35.5. The maximum Gasteiger partial charge on any atom is 0.243 e. The van der Waals surface area contributed by atoms with Crippen molar-refractivity contribution in [2.24, 2.45) is 0 Å². The predicted molar refractivity (Wildman–Crippen MR) is 88.9 cm³/mol. The summed E-state index contributed by atoms with van der Waals surface area (Å²) in [5.74, 6) is 0. The summed E-state index contributed by atoms with van der Waals surface area (Å²) in [6, 6.07) is 2.26. The summed E-state index contributed by atoms with van der Waals surface area (Å²) in [5, 5.41) is 3.28. The highest BCUT2D eigenvalue weighted by molar-refractivity contribution is 7.89. The van der Waals surface area contributed by atoms with Crippen LogP contribution in [0.25, 0.3) is 0 Å². The van der Waals surface area contributed by atoms with Crippen LogP contribution in [0.4, 0.5) is 0 Å². The average molecular weight is 333 g/mol. The van der Waals surface area contributed by atoms with Gasteiger partial charge in [-0.1, -0.05) is 6.07 Å². The number of aryl methyl sites for hydroxylation is 2. The minimum Gasteiger partial charge on any atom is -0.312 e. The topological polar surface area (TPSA) is 49.4 Å². The van der Waals surface area contributed by atoms with E-state index in [4.69, 9.17) is 0 Å². The molecule has 0 radical (unpaired) electrons. The van der Waals surface area contributed by atoms with E-state index in [1.807, 2.05) is 34.6 Å². The summed E-state index contributed by atoms with van der Waals surface area (Å²) in [7, 11) is -3.41. The predicted octanol–water partition coefficient (Wildman–Crippen LogP) is 2.32.